The standard InChI is InChI=1S/C27H28N6O3/c1-16-4-2-5-17-12-20(33(27(35)22(16)17)19-8-10-36-11-9-19)14-32-26-23(25(28)29-15-30-26)24(31-32)18-6-3-7-21(34)13-18/h2-7,12-13,15,19,23,26,34H,8-11,14H2,1H3,(H2,28,29,30). The molecule has 2 atom stereocenters. The summed E-state index contributed by atoms with van der Waals surface area (Å²) in [5.41, 5.74) is 9.65. The number of phenols is 1. The van der Waals surface area contributed by atoms with Crippen molar-refractivity contribution in [3.8, 4) is 5.75 Å². The molecule has 3 aromatic rings. The van der Waals surface area contributed by atoms with Crippen molar-refractivity contribution < 1.29 is 9.84 Å². The van der Waals surface area contributed by atoms with Gasteiger partial charge < -0.3 is 20.1 Å². The Kier molecular flexibility index (Phi) is 5.56. The first-order valence-electron chi connectivity index (χ1n) is 12.2. The first kappa shape index (κ1) is 22.5. The lowest BCUT2D eigenvalue weighted by atomic mass is 9.93. The fraction of sp³-hybridized carbons (Fsp3) is 0.333. The number of fused-ring (bicyclic) bond motifs is 2. The van der Waals surface area contributed by atoms with Crippen LogP contribution < -0.4 is 11.3 Å². The van der Waals surface area contributed by atoms with Crippen molar-refractivity contribution in [1.82, 2.24) is 9.58 Å². The molecular formula is C27H28N6O3. The molecule has 3 aliphatic rings. The molecule has 0 saturated carbocycles. The van der Waals surface area contributed by atoms with Crippen LogP contribution in [0.4, 0.5) is 0 Å². The number of aryl methyl sites for hydroxylation is 1. The fourth-order valence-corrected chi connectivity index (χ4v) is 5.54. The van der Waals surface area contributed by atoms with Crippen molar-refractivity contribution in [1.29, 1.82) is 0 Å². The van der Waals surface area contributed by atoms with E-state index in [1.54, 1.807) is 18.2 Å². The molecule has 0 spiro atoms. The van der Waals surface area contributed by atoms with E-state index in [1.165, 1.54) is 6.34 Å². The van der Waals surface area contributed by atoms with Crippen molar-refractivity contribution in [2.75, 3.05) is 13.2 Å². The first-order chi connectivity index (χ1) is 17.5. The number of phenolic OH excluding ortho intramolecular Hbond substituents is 1. The van der Waals surface area contributed by atoms with E-state index in [0.717, 1.165) is 40.4 Å². The van der Waals surface area contributed by atoms with Crippen LogP contribution in [0.25, 0.3) is 10.8 Å². The van der Waals surface area contributed by atoms with E-state index in [4.69, 9.17) is 15.6 Å². The molecule has 0 amide bonds. The van der Waals surface area contributed by atoms with E-state index < -0.39 is 0 Å². The van der Waals surface area contributed by atoms with Crippen LogP contribution in [0.2, 0.25) is 0 Å². The van der Waals surface area contributed by atoms with Gasteiger partial charge in [0, 0.05) is 30.5 Å². The third-order valence-corrected chi connectivity index (χ3v) is 7.27. The van der Waals surface area contributed by atoms with Crippen LogP contribution in [0.1, 0.15) is 35.7 Å². The summed E-state index contributed by atoms with van der Waals surface area (Å²) in [6, 6.07) is 15.1. The van der Waals surface area contributed by atoms with Gasteiger partial charge in [0.25, 0.3) is 5.56 Å². The zero-order chi connectivity index (χ0) is 24.8. The third-order valence-electron chi connectivity index (χ3n) is 7.27. The number of nitrogens with zero attached hydrogens (tertiary/aromatic N) is 5. The summed E-state index contributed by atoms with van der Waals surface area (Å²) >= 11 is 0. The van der Waals surface area contributed by atoms with E-state index >= 15 is 0 Å². The van der Waals surface area contributed by atoms with Gasteiger partial charge in [0.1, 0.15) is 23.8 Å². The van der Waals surface area contributed by atoms with E-state index in [1.807, 2.05) is 40.8 Å². The Bertz CT molecular complexity index is 1480. The second kappa shape index (κ2) is 8.91. The number of aliphatic imine (C=N–C) groups is 2. The lowest BCUT2D eigenvalue weighted by Crippen LogP contribution is -2.43. The van der Waals surface area contributed by atoms with Gasteiger partial charge >= 0.3 is 0 Å². The zero-order valence-corrected chi connectivity index (χ0v) is 20.0. The van der Waals surface area contributed by atoms with Crippen molar-refractivity contribution in [3.63, 3.8) is 0 Å². The topological polar surface area (TPSA) is 118 Å². The molecule has 1 aromatic heterocycles. The average Bonchev–Trinajstić information content (AvgIpc) is 3.24. The minimum atomic E-state index is -0.383. The maximum atomic E-state index is 13.9. The maximum Gasteiger partial charge on any atom is 0.259 e. The maximum absolute atomic E-state index is 13.9. The molecule has 3 aliphatic heterocycles. The molecule has 1 saturated heterocycles. The number of nitrogens with two attached hydrogens (primary N) is 1. The molecule has 3 N–H and O–H groups in total. The van der Waals surface area contributed by atoms with Gasteiger partial charge in [0.2, 0.25) is 0 Å². The molecule has 36 heavy (non-hydrogen) atoms. The Hall–Kier alpha value is -3.98. The average molecular weight is 485 g/mol. The molecule has 1 fully saturated rings. The smallest absolute Gasteiger partial charge is 0.259 e. The number of aromatic hydroxyl groups is 1. The number of rotatable bonds is 4. The third kappa shape index (κ3) is 3.76. The lowest BCUT2D eigenvalue weighted by molar-refractivity contribution is 0.0669. The second-order valence-corrected chi connectivity index (χ2v) is 9.54. The molecule has 0 radical (unpaired) electrons. The molecule has 0 aliphatic carbocycles. The van der Waals surface area contributed by atoms with Gasteiger partial charge in [-0.15, -0.1) is 0 Å². The second-order valence-electron chi connectivity index (χ2n) is 9.54. The van der Waals surface area contributed by atoms with Crippen LogP contribution in [0.3, 0.4) is 0 Å². The number of aromatic nitrogens is 1. The highest BCUT2D eigenvalue weighted by Gasteiger charge is 2.42. The number of amidine groups is 1. The summed E-state index contributed by atoms with van der Waals surface area (Å²) in [5.74, 6) is 0.233. The summed E-state index contributed by atoms with van der Waals surface area (Å²) in [6.45, 7) is 3.62. The highest BCUT2D eigenvalue weighted by atomic mass is 16.5. The largest absolute Gasteiger partial charge is 0.508 e. The molecular weight excluding hydrogens is 456 g/mol. The molecule has 2 unspecified atom stereocenters. The van der Waals surface area contributed by atoms with Crippen LogP contribution in [0, 0.1) is 12.8 Å². The zero-order valence-electron chi connectivity index (χ0n) is 20.0. The predicted octanol–water partition coefficient (Wildman–Crippen LogP) is 2.93. The summed E-state index contributed by atoms with van der Waals surface area (Å²) in [6.07, 6.45) is 2.66. The molecule has 9 heteroatoms. The van der Waals surface area contributed by atoms with Gasteiger partial charge in [-0.05, 0) is 48.9 Å². The summed E-state index contributed by atoms with van der Waals surface area (Å²) in [5, 5.41) is 18.5. The predicted molar refractivity (Wildman–Crippen MR) is 140 cm³/mol. The molecule has 9 nitrogen and oxygen atoms in total. The SMILES string of the molecule is Cc1cccc2cc(CN3N=C(c4cccc(O)c4)C4C(N)=NC=NC43)n(C3CCOCC3)c(=O)c12. The fourth-order valence-electron chi connectivity index (χ4n) is 5.54. The molecule has 2 aromatic carbocycles. The number of hydrogen-bond acceptors (Lipinski definition) is 8. The number of pyridine rings is 1. The summed E-state index contributed by atoms with van der Waals surface area (Å²) in [4.78, 5) is 22.7. The van der Waals surface area contributed by atoms with Crippen LogP contribution in [-0.4, -0.2) is 51.9 Å². The van der Waals surface area contributed by atoms with Gasteiger partial charge in [-0.2, -0.15) is 5.10 Å². The Morgan fingerprint density at radius 1 is 1.14 bits per heavy atom. The van der Waals surface area contributed by atoms with Gasteiger partial charge in [-0.25, -0.2) is 9.98 Å². The Balaban J connectivity index is 1.47. The Morgan fingerprint density at radius 3 is 2.75 bits per heavy atom. The van der Waals surface area contributed by atoms with Crippen molar-refractivity contribution in [2.45, 2.75) is 38.5 Å². The number of hydrogen-bond donors (Lipinski definition) is 2. The van der Waals surface area contributed by atoms with E-state index in [9.17, 15) is 9.90 Å². The summed E-state index contributed by atoms with van der Waals surface area (Å²) in [7, 11) is 0. The minimum Gasteiger partial charge on any atom is -0.508 e. The molecule has 4 heterocycles. The summed E-state index contributed by atoms with van der Waals surface area (Å²) < 4.78 is 7.53. The van der Waals surface area contributed by atoms with Crippen LogP contribution >= 0.6 is 0 Å². The van der Waals surface area contributed by atoms with Crippen LogP contribution in [0.15, 0.2) is 68.4 Å². The molecule has 0 bridgehead atoms. The van der Waals surface area contributed by atoms with Crippen LogP contribution in [0.5, 0.6) is 5.75 Å². The minimum absolute atomic E-state index is 0.0219. The van der Waals surface area contributed by atoms with Gasteiger partial charge in [0.15, 0.2) is 6.17 Å². The van der Waals surface area contributed by atoms with E-state index in [0.29, 0.717) is 31.3 Å². The Labute approximate surface area is 208 Å². The highest BCUT2D eigenvalue weighted by Crippen LogP contribution is 2.32. The monoisotopic (exact) mass is 484 g/mol. The normalized spacial score (nSPS) is 22.0. The van der Waals surface area contributed by atoms with Crippen molar-refractivity contribution >= 4 is 28.7 Å². The first-order valence-corrected chi connectivity index (χ1v) is 12.2. The number of hydrazone groups is 1. The number of benzene rings is 2. The van der Waals surface area contributed by atoms with Gasteiger partial charge in [-0.3, -0.25) is 9.80 Å². The van der Waals surface area contributed by atoms with Crippen molar-refractivity contribution in [2.24, 2.45) is 26.7 Å². The lowest BCUT2D eigenvalue weighted by Gasteiger charge is -2.30. The Morgan fingerprint density at radius 2 is 1.94 bits per heavy atom. The van der Waals surface area contributed by atoms with Crippen LogP contribution in [-0.2, 0) is 11.3 Å². The molecule has 6 rings (SSSR count). The van der Waals surface area contributed by atoms with E-state index in [2.05, 4.69) is 16.1 Å². The highest BCUT2D eigenvalue weighted by molar-refractivity contribution is 6.17. The molecule has 184 valence electrons. The van der Waals surface area contributed by atoms with Gasteiger partial charge in [0.05, 0.1) is 17.6 Å². The van der Waals surface area contributed by atoms with Crippen molar-refractivity contribution in [3.05, 3.63) is 75.7 Å². The quantitative estimate of drug-likeness (QED) is 0.590. The van der Waals surface area contributed by atoms with E-state index in [-0.39, 0.29) is 29.4 Å². The van der Waals surface area contributed by atoms with Gasteiger partial charge in [-0.1, -0.05) is 30.3 Å². The number of ether oxygens (including phenoxy) is 1.